The molecule has 0 aliphatic carbocycles. The first-order valence-corrected chi connectivity index (χ1v) is 8.56. The first kappa shape index (κ1) is 18.5. The third kappa shape index (κ3) is 6.91. The smallest absolute Gasteiger partial charge is 0.191 e. The van der Waals surface area contributed by atoms with Crippen LogP contribution in [0.2, 0.25) is 0 Å². The summed E-state index contributed by atoms with van der Waals surface area (Å²) in [6.45, 7) is 8.98. The van der Waals surface area contributed by atoms with Crippen LogP contribution in [-0.2, 0) is 13.6 Å². The fourth-order valence-corrected chi connectivity index (χ4v) is 2.45. The third-order valence-corrected chi connectivity index (χ3v) is 3.75. The number of aryl methyl sites for hydroxylation is 1. The van der Waals surface area contributed by atoms with Crippen molar-refractivity contribution in [3.8, 4) is 0 Å². The van der Waals surface area contributed by atoms with Gasteiger partial charge in [0.1, 0.15) is 18.7 Å². The number of aromatic nitrogens is 3. The van der Waals surface area contributed by atoms with Gasteiger partial charge in [0.15, 0.2) is 5.96 Å². The van der Waals surface area contributed by atoms with Crippen LogP contribution in [-0.4, -0.2) is 33.8 Å². The van der Waals surface area contributed by atoms with Crippen molar-refractivity contribution in [1.29, 1.82) is 0 Å². The molecule has 1 aromatic heterocycles. The quantitative estimate of drug-likeness (QED) is 0.515. The van der Waals surface area contributed by atoms with Gasteiger partial charge in [-0.25, -0.2) is 9.98 Å². The Morgan fingerprint density at radius 3 is 2.64 bits per heavy atom. The summed E-state index contributed by atoms with van der Waals surface area (Å²) in [7, 11) is 1.89. The Morgan fingerprint density at radius 2 is 2.05 bits per heavy atom. The second kappa shape index (κ2) is 11.0. The summed E-state index contributed by atoms with van der Waals surface area (Å²) >= 11 is 0. The molecule has 6 heteroatoms. The van der Waals surface area contributed by atoms with Crippen LogP contribution < -0.4 is 10.6 Å². The van der Waals surface area contributed by atoms with Crippen molar-refractivity contribution in [3.05, 3.63) is 12.2 Å². The molecule has 1 heterocycles. The average molecular weight is 308 g/mol. The van der Waals surface area contributed by atoms with E-state index >= 15 is 0 Å². The molecule has 0 aromatic carbocycles. The van der Waals surface area contributed by atoms with Crippen molar-refractivity contribution in [2.75, 3.05) is 13.1 Å². The Bertz CT molecular complexity index is 426. The molecule has 0 aliphatic heterocycles. The molecule has 2 N–H and O–H groups in total. The molecule has 0 fully saturated rings. The first-order chi connectivity index (χ1) is 10.7. The van der Waals surface area contributed by atoms with Crippen LogP contribution in [0.15, 0.2) is 11.3 Å². The summed E-state index contributed by atoms with van der Waals surface area (Å²) in [4.78, 5) is 8.80. The highest BCUT2D eigenvalue weighted by atomic mass is 15.3. The molecule has 0 saturated carbocycles. The minimum absolute atomic E-state index is 0.541. The summed E-state index contributed by atoms with van der Waals surface area (Å²) < 4.78 is 1.76. The number of unbranched alkanes of at least 4 members (excludes halogenated alkanes) is 1. The molecule has 1 unspecified atom stereocenters. The van der Waals surface area contributed by atoms with Gasteiger partial charge in [0.05, 0.1) is 0 Å². The van der Waals surface area contributed by atoms with E-state index in [1.807, 2.05) is 7.05 Å². The fourth-order valence-electron chi connectivity index (χ4n) is 2.45. The molecule has 0 aliphatic rings. The maximum Gasteiger partial charge on any atom is 0.191 e. The van der Waals surface area contributed by atoms with Crippen molar-refractivity contribution < 1.29 is 0 Å². The number of nitrogens with one attached hydrogen (secondary N) is 2. The van der Waals surface area contributed by atoms with E-state index in [2.05, 4.69) is 46.5 Å². The van der Waals surface area contributed by atoms with Gasteiger partial charge in [0, 0.05) is 20.1 Å². The lowest BCUT2D eigenvalue weighted by Crippen LogP contribution is -2.39. The predicted molar refractivity (Wildman–Crippen MR) is 91.7 cm³/mol. The van der Waals surface area contributed by atoms with E-state index < -0.39 is 0 Å². The van der Waals surface area contributed by atoms with E-state index in [1.165, 1.54) is 32.1 Å². The molecule has 0 amide bonds. The molecule has 126 valence electrons. The molecule has 22 heavy (non-hydrogen) atoms. The zero-order valence-corrected chi connectivity index (χ0v) is 14.6. The van der Waals surface area contributed by atoms with Crippen LogP contribution >= 0.6 is 0 Å². The molecule has 0 bridgehead atoms. The van der Waals surface area contributed by atoms with Gasteiger partial charge in [0.25, 0.3) is 0 Å². The molecule has 0 spiro atoms. The largest absolute Gasteiger partial charge is 0.357 e. The summed E-state index contributed by atoms with van der Waals surface area (Å²) in [6, 6.07) is 0. The van der Waals surface area contributed by atoms with Crippen LogP contribution in [0, 0.1) is 5.92 Å². The van der Waals surface area contributed by atoms with E-state index in [1.54, 1.807) is 11.0 Å². The highest BCUT2D eigenvalue weighted by Gasteiger charge is 2.08. The molecule has 1 aromatic rings. The van der Waals surface area contributed by atoms with Crippen molar-refractivity contribution in [3.63, 3.8) is 0 Å². The summed E-state index contributed by atoms with van der Waals surface area (Å²) in [6.07, 6.45) is 7.94. The zero-order valence-electron chi connectivity index (χ0n) is 14.6. The molecular formula is C16H32N6. The number of guanidine groups is 1. The zero-order chi connectivity index (χ0) is 16.2. The summed E-state index contributed by atoms with van der Waals surface area (Å²) in [5.41, 5.74) is 0. The molecule has 1 atom stereocenters. The number of aliphatic imine (C=N–C) groups is 1. The van der Waals surface area contributed by atoms with Gasteiger partial charge in [-0.3, -0.25) is 4.68 Å². The van der Waals surface area contributed by atoms with Crippen LogP contribution in [0.4, 0.5) is 0 Å². The average Bonchev–Trinajstić information content (AvgIpc) is 2.92. The van der Waals surface area contributed by atoms with Crippen molar-refractivity contribution in [2.45, 2.75) is 59.4 Å². The number of hydrogen-bond acceptors (Lipinski definition) is 3. The van der Waals surface area contributed by atoms with Crippen LogP contribution in [0.5, 0.6) is 0 Å². The highest BCUT2D eigenvalue weighted by Crippen LogP contribution is 2.13. The summed E-state index contributed by atoms with van der Waals surface area (Å²) in [5, 5.41) is 10.8. The summed E-state index contributed by atoms with van der Waals surface area (Å²) in [5.74, 6) is 2.46. The molecule has 1 rings (SSSR count). The molecule has 0 radical (unpaired) electrons. The maximum atomic E-state index is 4.60. The van der Waals surface area contributed by atoms with E-state index in [-0.39, 0.29) is 0 Å². The minimum Gasteiger partial charge on any atom is -0.357 e. The Balaban J connectivity index is 2.52. The molecular weight excluding hydrogens is 276 g/mol. The van der Waals surface area contributed by atoms with Crippen molar-refractivity contribution in [1.82, 2.24) is 25.4 Å². The van der Waals surface area contributed by atoms with Gasteiger partial charge in [-0.05, 0) is 25.7 Å². The van der Waals surface area contributed by atoms with Crippen molar-refractivity contribution >= 4 is 5.96 Å². The second-order valence-electron chi connectivity index (χ2n) is 5.67. The van der Waals surface area contributed by atoms with Gasteiger partial charge in [-0.2, -0.15) is 5.10 Å². The molecule has 0 saturated heterocycles. The van der Waals surface area contributed by atoms with Gasteiger partial charge in [0.2, 0.25) is 0 Å². The first-order valence-electron chi connectivity index (χ1n) is 8.56. The van der Waals surface area contributed by atoms with Crippen molar-refractivity contribution in [2.24, 2.45) is 18.0 Å². The molecule has 6 nitrogen and oxygen atoms in total. The van der Waals surface area contributed by atoms with Crippen LogP contribution in [0.3, 0.4) is 0 Å². The van der Waals surface area contributed by atoms with E-state index in [0.717, 1.165) is 30.8 Å². The maximum absolute atomic E-state index is 4.60. The lowest BCUT2D eigenvalue weighted by Gasteiger charge is -2.18. The van der Waals surface area contributed by atoms with Crippen LogP contribution in [0.25, 0.3) is 0 Å². The highest BCUT2D eigenvalue weighted by molar-refractivity contribution is 5.79. The van der Waals surface area contributed by atoms with Gasteiger partial charge >= 0.3 is 0 Å². The standard InChI is InChI=1S/C16H32N6/c1-5-8-10-14(9-6-2)11-18-16(17-7-3)19-12-15-20-13-21-22(15)4/h13-14H,5-12H2,1-4H3,(H2,17,18,19). The Hall–Kier alpha value is -1.59. The van der Waals surface area contributed by atoms with Crippen LogP contribution in [0.1, 0.15) is 58.7 Å². The Labute approximate surface area is 134 Å². The van der Waals surface area contributed by atoms with Gasteiger partial charge < -0.3 is 10.6 Å². The number of rotatable bonds is 10. The van der Waals surface area contributed by atoms with E-state index in [9.17, 15) is 0 Å². The number of nitrogens with zero attached hydrogens (tertiary/aromatic N) is 4. The monoisotopic (exact) mass is 308 g/mol. The second-order valence-corrected chi connectivity index (χ2v) is 5.67. The van der Waals surface area contributed by atoms with Gasteiger partial charge in [-0.15, -0.1) is 0 Å². The lowest BCUT2D eigenvalue weighted by atomic mass is 9.97. The van der Waals surface area contributed by atoms with E-state index in [4.69, 9.17) is 0 Å². The lowest BCUT2D eigenvalue weighted by molar-refractivity contribution is 0.423. The Morgan fingerprint density at radius 1 is 1.23 bits per heavy atom. The van der Waals surface area contributed by atoms with Gasteiger partial charge in [-0.1, -0.05) is 33.1 Å². The topological polar surface area (TPSA) is 67.1 Å². The third-order valence-electron chi connectivity index (χ3n) is 3.75. The normalized spacial score (nSPS) is 13.2. The fraction of sp³-hybridized carbons (Fsp3) is 0.812. The Kier molecular flexibility index (Phi) is 9.26. The SMILES string of the molecule is CCCCC(CCC)CNC(=NCc1ncnn1C)NCC. The number of hydrogen-bond donors (Lipinski definition) is 2. The minimum atomic E-state index is 0.541. The van der Waals surface area contributed by atoms with E-state index in [0.29, 0.717) is 6.54 Å². The predicted octanol–water partition coefficient (Wildman–Crippen LogP) is 2.48.